The van der Waals surface area contributed by atoms with E-state index in [-0.39, 0.29) is 17.3 Å². The summed E-state index contributed by atoms with van der Waals surface area (Å²) < 4.78 is 4.87. The zero-order valence-corrected chi connectivity index (χ0v) is 16.4. The molecule has 8 heteroatoms. The van der Waals surface area contributed by atoms with Gasteiger partial charge in [0, 0.05) is 27.2 Å². The Morgan fingerprint density at radius 1 is 1.00 bits per heavy atom. The lowest BCUT2D eigenvalue weighted by atomic mass is 10.1. The van der Waals surface area contributed by atoms with Gasteiger partial charge in [-0.15, -0.1) is 5.10 Å². The van der Waals surface area contributed by atoms with E-state index in [4.69, 9.17) is 0 Å². The fraction of sp³-hybridized carbons (Fsp3) is 0.238. The van der Waals surface area contributed by atoms with Gasteiger partial charge in [0.15, 0.2) is 5.69 Å². The van der Waals surface area contributed by atoms with Gasteiger partial charge >= 0.3 is 5.69 Å². The molecule has 8 nitrogen and oxygen atoms in total. The van der Waals surface area contributed by atoms with Crippen LogP contribution in [-0.2, 0) is 33.6 Å². The molecule has 0 spiro atoms. The van der Waals surface area contributed by atoms with Gasteiger partial charge in [0.2, 0.25) is 0 Å². The Balaban J connectivity index is 1.39. The van der Waals surface area contributed by atoms with E-state index in [9.17, 15) is 9.59 Å². The first-order chi connectivity index (χ1) is 14.0. The maximum Gasteiger partial charge on any atom is 0.328 e. The molecule has 0 saturated carbocycles. The summed E-state index contributed by atoms with van der Waals surface area (Å²) in [7, 11) is 3.48. The molecule has 0 aliphatic carbocycles. The molecule has 0 radical (unpaired) electrons. The Morgan fingerprint density at radius 2 is 1.76 bits per heavy atom. The third kappa shape index (κ3) is 3.82. The summed E-state index contributed by atoms with van der Waals surface area (Å²) in [5.74, 6) is -0.280. The maximum absolute atomic E-state index is 12.4. The third-order valence-electron chi connectivity index (χ3n) is 5.03. The minimum atomic E-state index is -0.280. The largest absolute Gasteiger partial charge is 0.347 e. The van der Waals surface area contributed by atoms with Gasteiger partial charge in [-0.1, -0.05) is 41.6 Å². The molecule has 4 aromatic rings. The predicted octanol–water partition coefficient (Wildman–Crippen LogP) is 1.64. The van der Waals surface area contributed by atoms with Crippen LogP contribution in [0.3, 0.4) is 0 Å². The summed E-state index contributed by atoms with van der Waals surface area (Å²) in [6.45, 7) is 0.998. The first kappa shape index (κ1) is 18.7. The molecule has 2 heterocycles. The van der Waals surface area contributed by atoms with Crippen LogP contribution in [0.15, 0.2) is 59.5 Å². The zero-order valence-electron chi connectivity index (χ0n) is 16.4. The van der Waals surface area contributed by atoms with Gasteiger partial charge < -0.3 is 5.32 Å². The van der Waals surface area contributed by atoms with Gasteiger partial charge in [-0.2, -0.15) is 0 Å². The van der Waals surface area contributed by atoms with Gasteiger partial charge in [0.1, 0.15) is 0 Å². The van der Waals surface area contributed by atoms with E-state index in [0.717, 1.165) is 23.0 Å². The first-order valence-electron chi connectivity index (χ1n) is 9.39. The molecule has 0 bridgehead atoms. The molecule has 0 fully saturated rings. The van der Waals surface area contributed by atoms with Crippen molar-refractivity contribution in [2.45, 2.75) is 19.5 Å². The highest BCUT2D eigenvalue weighted by atomic mass is 16.2. The number of benzene rings is 2. The standard InChI is InChI=1S/C21H22N6O2/c1-25-18-9-8-16(12-19(18)26(2)21(25)29)13-22-20(28)17-14-27(24-23-17)11-10-15-6-4-3-5-7-15/h3-9,12,14H,10-11,13H2,1-2H3,(H,22,28). The number of imidazole rings is 1. The van der Waals surface area contributed by atoms with Crippen molar-refractivity contribution in [2.24, 2.45) is 14.1 Å². The van der Waals surface area contributed by atoms with Gasteiger partial charge in [0.05, 0.1) is 17.2 Å². The second kappa shape index (κ2) is 7.75. The van der Waals surface area contributed by atoms with Gasteiger partial charge in [-0.25, -0.2) is 4.79 Å². The third-order valence-corrected chi connectivity index (χ3v) is 5.03. The highest BCUT2D eigenvalue weighted by molar-refractivity contribution is 5.91. The van der Waals surface area contributed by atoms with Gasteiger partial charge in [0.25, 0.3) is 5.91 Å². The van der Waals surface area contributed by atoms with Crippen LogP contribution in [0.5, 0.6) is 0 Å². The van der Waals surface area contributed by atoms with Crippen LogP contribution in [0.25, 0.3) is 11.0 Å². The molecule has 0 saturated heterocycles. The quantitative estimate of drug-likeness (QED) is 0.542. The number of nitrogens with zero attached hydrogens (tertiary/aromatic N) is 5. The number of hydrogen-bond acceptors (Lipinski definition) is 4. The molecule has 4 rings (SSSR count). The van der Waals surface area contributed by atoms with E-state index in [1.807, 2.05) is 36.4 Å². The van der Waals surface area contributed by atoms with Crippen LogP contribution in [0.4, 0.5) is 0 Å². The topological polar surface area (TPSA) is 86.7 Å². The highest BCUT2D eigenvalue weighted by Crippen LogP contribution is 2.14. The fourth-order valence-electron chi connectivity index (χ4n) is 3.34. The Hall–Kier alpha value is -3.68. The number of amides is 1. The van der Waals surface area contributed by atoms with Crippen molar-refractivity contribution in [3.63, 3.8) is 0 Å². The maximum atomic E-state index is 12.4. The summed E-state index contributed by atoms with van der Waals surface area (Å²) >= 11 is 0. The number of rotatable bonds is 6. The van der Waals surface area contributed by atoms with Crippen molar-refractivity contribution < 1.29 is 4.79 Å². The van der Waals surface area contributed by atoms with Crippen molar-refractivity contribution in [1.29, 1.82) is 0 Å². The van der Waals surface area contributed by atoms with Crippen LogP contribution < -0.4 is 11.0 Å². The van der Waals surface area contributed by atoms with Crippen LogP contribution in [0, 0.1) is 0 Å². The Kier molecular flexibility index (Phi) is 4.99. The van der Waals surface area contributed by atoms with Crippen LogP contribution in [-0.4, -0.2) is 30.0 Å². The lowest BCUT2D eigenvalue weighted by Gasteiger charge is -2.04. The molecular formula is C21H22N6O2. The smallest absolute Gasteiger partial charge is 0.328 e. The molecule has 0 unspecified atom stereocenters. The minimum absolute atomic E-state index is 0.0756. The minimum Gasteiger partial charge on any atom is -0.347 e. The number of carbonyl (C=O) groups excluding carboxylic acids is 1. The Morgan fingerprint density at radius 3 is 2.55 bits per heavy atom. The van der Waals surface area contributed by atoms with Gasteiger partial charge in [-0.05, 0) is 29.7 Å². The predicted molar refractivity (Wildman–Crippen MR) is 109 cm³/mol. The van der Waals surface area contributed by atoms with Crippen LogP contribution in [0.2, 0.25) is 0 Å². The van der Waals surface area contributed by atoms with Crippen molar-refractivity contribution in [2.75, 3.05) is 0 Å². The number of aromatic nitrogens is 5. The molecule has 148 valence electrons. The normalized spacial score (nSPS) is 11.1. The van der Waals surface area contributed by atoms with Crippen molar-refractivity contribution >= 4 is 16.9 Å². The molecule has 0 atom stereocenters. The lowest BCUT2D eigenvalue weighted by Crippen LogP contribution is -2.23. The number of hydrogen-bond donors (Lipinski definition) is 1. The molecule has 2 aromatic carbocycles. The molecule has 1 amide bonds. The zero-order chi connectivity index (χ0) is 20.4. The van der Waals surface area contributed by atoms with Crippen molar-refractivity contribution in [3.05, 3.63) is 82.0 Å². The monoisotopic (exact) mass is 390 g/mol. The molecule has 0 aliphatic rings. The summed E-state index contributed by atoms with van der Waals surface area (Å²) in [4.78, 5) is 24.4. The van der Waals surface area contributed by atoms with Crippen LogP contribution >= 0.6 is 0 Å². The number of fused-ring (bicyclic) bond motifs is 1. The Labute approximate surface area is 167 Å². The summed E-state index contributed by atoms with van der Waals surface area (Å²) in [6, 6.07) is 15.8. The van der Waals surface area contributed by atoms with E-state index >= 15 is 0 Å². The van der Waals surface area contributed by atoms with E-state index in [2.05, 4.69) is 27.8 Å². The highest BCUT2D eigenvalue weighted by Gasteiger charge is 2.12. The lowest BCUT2D eigenvalue weighted by molar-refractivity contribution is 0.0946. The average molecular weight is 390 g/mol. The first-order valence-corrected chi connectivity index (χ1v) is 9.39. The molecule has 29 heavy (non-hydrogen) atoms. The van der Waals surface area contributed by atoms with E-state index < -0.39 is 0 Å². The SMILES string of the molecule is Cn1c(=O)n(C)c2cc(CNC(=O)c3cn(CCc4ccccc4)nn3)ccc21. The molecular weight excluding hydrogens is 368 g/mol. The van der Waals surface area contributed by atoms with Gasteiger partial charge in [-0.3, -0.25) is 18.6 Å². The summed E-state index contributed by atoms with van der Waals surface area (Å²) in [5, 5.41) is 10.9. The van der Waals surface area contributed by atoms with Crippen molar-refractivity contribution in [1.82, 2.24) is 29.4 Å². The molecule has 0 aliphatic heterocycles. The number of nitrogens with one attached hydrogen (secondary N) is 1. The summed E-state index contributed by atoms with van der Waals surface area (Å²) in [5.41, 5.74) is 4.01. The second-order valence-corrected chi connectivity index (χ2v) is 7.01. The summed E-state index contributed by atoms with van der Waals surface area (Å²) in [6.07, 6.45) is 2.48. The van der Waals surface area contributed by atoms with Crippen LogP contribution in [0.1, 0.15) is 21.6 Å². The van der Waals surface area contributed by atoms with E-state index in [1.54, 1.807) is 34.1 Å². The fourth-order valence-corrected chi connectivity index (χ4v) is 3.34. The van der Waals surface area contributed by atoms with E-state index in [1.165, 1.54) is 5.56 Å². The Bertz CT molecular complexity index is 1220. The second-order valence-electron chi connectivity index (χ2n) is 7.01. The molecule has 2 aromatic heterocycles. The number of carbonyl (C=O) groups is 1. The molecule has 1 N–H and O–H groups in total. The van der Waals surface area contributed by atoms with Crippen molar-refractivity contribution in [3.8, 4) is 0 Å². The number of aryl methyl sites for hydroxylation is 4. The average Bonchev–Trinajstić information content (AvgIpc) is 3.31. The van der Waals surface area contributed by atoms with E-state index in [0.29, 0.717) is 13.1 Å².